The van der Waals surface area contributed by atoms with Crippen LogP contribution < -0.4 is 14.8 Å². The molecule has 0 saturated carbocycles. The summed E-state index contributed by atoms with van der Waals surface area (Å²) in [5.41, 5.74) is 4.47. The Morgan fingerprint density at radius 3 is 3.00 bits per heavy atom. The Labute approximate surface area is 151 Å². The molecule has 3 aromatic rings. The van der Waals surface area contributed by atoms with Gasteiger partial charge in [-0.15, -0.1) is 0 Å². The van der Waals surface area contributed by atoms with Gasteiger partial charge in [-0.05, 0) is 54.8 Å². The lowest BCUT2D eigenvalue weighted by molar-refractivity contribution is -0.116. The van der Waals surface area contributed by atoms with E-state index in [2.05, 4.69) is 35.4 Å². The first-order valence-electron chi connectivity index (χ1n) is 8.61. The summed E-state index contributed by atoms with van der Waals surface area (Å²) < 4.78 is 10.6. The van der Waals surface area contributed by atoms with Gasteiger partial charge in [0.25, 0.3) is 0 Å². The zero-order valence-electron chi connectivity index (χ0n) is 14.5. The fourth-order valence-electron chi connectivity index (χ4n) is 3.07. The number of aromatic nitrogens is 1. The first-order chi connectivity index (χ1) is 12.7. The van der Waals surface area contributed by atoms with Crippen molar-refractivity contribution < 1.29 is 14.3 Å². The van der Waals surface area contributed by atoms with E-state index in [1.54, 1.807) is 6.08 Å². The van der Waals surface area contributed by atoms with Crippen LogP contribution in [0.4, 0.5) is 0 Å². The summed E-state index contributed by atoms with van der Waals surface area (Å²) in [6.07, 6.45) is 6.11. The zero-order chi connectivity index (χ0) is 17.9. The zero-order valence-corrected chi connectivity index (χ0v) is 14.5. The van der Waals surface area contributed by atoms with E-state index >= 15 is 0 Å². The number of hydrogen-bond acceptors (Lipinski definition) is 3. The van der Waals surface area contributed by atoms with E-state index in [4.69, 9.17) is 9.47 Å². The number of H-pyrrole nitrogens is 1. The molecule has 0 aliphatic carbocycles. The lowest BCUT2D eigenvalue weighted by atomic mass is 10.1. The van der Waals surface area contributed by atoms with Gasteiger partial charge in [-0.25, -0.2) is 0 Å². The average Bonchev–Trinajstić information content (AvgIpc) is 3.26. The highest BCUT2D eigenvalue weighted by Gasteiger charge is 2.12. The van der Waals surface area contributed by atoms with Crippen LogP contribution in [0.3, 0.4) is 0 Å². The Kier molecular flexibility index (Phi) is 4.35. The van der Waals surface area contributed by atoms with E-state index in [1.807, 2.05) is 24.4 Å². The van der Waals surface area contributed by atoms with Crippen molar-refractivity contribution in [3.05, 3.63) is 65.4 Å². The van der Waals surface area contributed by atoms with E-state index in [1.165, 1.54) is 22.6 Å². The van der Waals surface area contributed by atoms with Crippen molar-refractivity contribution in [1.82, 2.24) is 10.3 Å². The number of carbonyl (C=O) groups excluding carboxylic acids is 1. The minimum Gasteiger partial charge on any atom is -0.454 e. The predicted molar refractivity (Wildman–Crippen MR) is 101 cm³/mol. The van der Waals surface area contributed by atoms with Crippen LogP contribution in [0, 0.1) is 6.92 Å². The molecule has 2 aromatic carbocycles. The lowest BCUT2D eigenvalue weighted by Gasteiger charge is -2.02. The molecule has 5 heteroatoms. The van der Waals surface area contributed by atoms with Gasteiger partial charge in [-0.3, -0.25) is 4.79 Å². The van der Waals surface area contributed by atoms with Crippen molar-refractivity contribution >= 4 is 22.9 Å². The van der Waals surface area contributed by atoms with Gasteiger partial charge in [-0.2, -0.15) is 0 Å². The van der Waals surface area contributed by atoms with Crippen LogP contribution in [0.5, 0.6) is 11.5 Å². The van der Waals surface area contributed by atoms with E-state index in [0.29, 0.717) is 12.3 Å². The summed E-state index contributed by atoms with van der Waals surface area (Å²) in [6.45, 7) is 2.92. The van der Waals surface area contributed by atoms with Crippen molar-refractivity contribution in [3.8, 4) is 11.5 Å². The van der Waals surface area contributed by atoms with E-state index in [0.717, 1.165) is 23.3 Å². The summed E-state index contributed by atoms with van der Waals surface area (Å²) in [5.74, 6) is 1.33. The largest absolute Gasteiger partial charge is 0.454 e. The monoisotopic (exact) mass is 348 g/mol. The third-order valence-corrected chi connectivity index (χ3v) is 4.44. The molecular formula is C21H20N2O3. The third-order valence-electron chi connectivity index (χ3n) is 4.44. The second-order valence-electron chi connectivity index (χ2n) is 6.35. The Morgan fingerprint density at radius 1 is 1.19 bits per heavy atom. The second kappa shape index (κ2) is 6.96. The van der Waals surface area contributed by atoms with Crippen LogP contribution in [0.2, 0.25) is 0 Å². The molecule has 0 unspecified atom stereocenters. The molecule has 26 heavy (non-hydrogen) atoms. The molecule has 0 spiro atoms. The minimum absolute atomic E-state index is 0.112. The Morgan fingerprint density at radius 2 is 2.08 bits per heavy atom. The number of hydrogen-bond donors (Lipinski definition) is 2. The van der Waals surface area contributed by atoms with Gasteiger partial charge in [0, 0.05) is 29.7 Å². The second-order valence-corrected chi connectivity index (χ2v) is 6.35. The molecule has 4 rings (SSSR count). The quantitative estimate of drug-likeness (QED) is 0.693. The summed E-state index contributed by atoms with van der Waals surface area (Å²) in [6, 6.07) is 11.9. The fourth-order valence-corrected chi connectivity index (χ4v) is 3.07. The summed E-state index contributed by atoms with van der Waals surface area (Å²) in [4.78, 5) is 15.3. The molecular weight excluding hydrogens is 328 g/mol. The van der Waals surface area contributed by atoms with E-state index in [9.17, 15) is 4.79 Å². The average molecular weight is 348 g/mol. The molecule has 0 atom stereocenters. The Bertz CT molecular complexity index is 988. The van der Waals surface area contributed by atoms with Gasteiger partial charge in [-0.1, -0.05) is 17.7 Å². The maximum Gasteiger partial charge on any atom is 0.244 e. The SMILES string of the molecule is Cc1ccc2[nH]cc(CCNC(=O)/C=C/c3ccc4c(c3)OCO4)c2c1. The molecule has 2 N–H and O–H groups in total. The lowest BCUT2D eigenvalue weighted by Crippen LogP contribution is -2.23. The van der Waals surface area contributed by atoms with Gasteiger partial charge in [0.05, 0.1) is 0 Å². The topological polar surface area (TPSA) is 63.4 Å². The summed E-state index contributed by atoms with van der Waals surface area (Å²) >= 11 is 0. The predicted octanol–water partition coefficient (Wildman–Crippen LogP) is 3.58. The minimum atomic E-state index is -0.112. The van der Waals surface area contributed by atoms with Crippen LogP contribution in [0.25, 0.3) is 17.0 Å². The third kappa shape index (κ3) is 3.42. The van der Waals surface area contributed by atoms with Crippen LogP contribution in [-0.2, 0) is 11.2 Å². The highest BCUT2D eigenvalue weighted by molar-refractivity contribution is 5.92. The van der Waals surface area contributed by atoms with Crippen molar-refractivity contribution in [2.45, 2.75) is 13.3 Å². The van der Waals surface area contributed by atoms with Crippen molar-refractivity contribution in [2.75, 3.05) is 13.3 Å². The number of rotatable bonds is 5. The van der Waals surface area contributed by atoms with Crippen LogP contribution in [-0.4, -0.2) is 24.2 Å². The molecule has 132 valence electrons. The highest BCUT2D eigenvalue weighted by atomic mass is 16.7. The number of aromatic amines is 1. The number of nitrogens with one attached hydrogen (secondary N) is 2. The Hall–Kier alpha value is -3.21. The number of amides is 1. The Balaban J connectivity index is 1.33. The molecule has 1 aliphatic rings. The van der Waals surface area contributed by atoms with Crippen LogP contribution in [0.1, 0.15) is 16.7 Å². The molecule has 2 heterocycles. The highest BCUT2D eigenvalue weighted by Crippen LogP contribution is 2.32. The number of carbonyl (C=O) groups is 1. The van der Waals surface area contributed by atoms with Gasteiger partial charge in [0.2, 0.25) is 12.7 Å². The summed E-state index contributed by atoms with van der Waals surface area (Å²) in [7, 11) is 0. The molecule has 0 fully saturated rings. The van der Waals surface area contributed by atoms with E-state index in [-0.39, 0.29) is 12.7 Å². The normalized spacial score (nSPS) is 12.8. The van der Waals surface area contributed by atoms with Gasteiger partial charge in [0.15, 0.2) is 11.5 Å². The maximum absolute atomic E-state index is 12.0. The molecule has 1 amide bonds. The first-order valence-corrected chi connectivity index (χ1v) is 8.61. The van der Waals surface area contributed by atoms with Gasteiger partial charge < -0.3 is 19.8 Å². The number of aryl methyl sites for hydroxylation is 1. The maximum atomic E-state index is 12.0. The van der Waals surface area contributed by atoms with Crippen LogP contribution in [0.15, 0.2) is 48.7 Å². The molecule has 1 aliphatic heterocycles. The molecule has 0 radical (unpaired) electrons. The van der Waals surface area contributed by atoms with Gasteiger partial charge in [0.1, 0.15) is 0 Å². The molecule has 5 nitrogen and oxygen atoms in total. The standard InChI is InChI=1S/C21H20N2O3/c1-14-2-5-18-17(10-14)16(12-23-18)8-9-22-21(24)7-4-15-3-6-19-20(11-15)26-13-25-19/h2-7,10-12,23H,8-9,13H2,1H3,(H,22,24)/b7-4+. The number of fused-ring (bicyclic) bond motifs is 2. The van der Waals surface area contributed by atoms with Crippen molar-refractivity contribution in [2.24, 2.45) is 0 Å². The number of ether oxygens (including phenoxy) is 2. The van der Waals surface area contributed by atoms with Crippen molar-refractivity contribution in [3.63, 3.8) is 0 Å². The van der Waals surface area contributed by atoms with Gasteiger partial charge >= 0.3 is 0 Å². The summed E-state index contributed by atoms with van der Waals surface area (Å²) in [5, 5.41) is 4.14. The van der Waals surface area contributed by atoms with E-state index < -0.39 is 0 Å². The molecule has 1 aromatic heterocycles. The first kappa shape index (κ1) is 16.3. The van der Waals surface area contributed by atoms with Crippen molar-refractivity contribution in [1.29, 1.82) is 0 Å². The molecule has 0 saturated heterocycles. The number of benzene rings is 2. The smallest absolute Gasteiger partial charge is 0.244 e. The molecule has 0 bridgehead atoms. The van der Waals surface area contributed by atoms with Crippen LogP contribution >= 0.6 is 0 Å². The fraction of sp³-hybridized carbons (Fsp3) is 0.190.